The minimum absolute atomic E-state index is 0.165. The Bertz CT molecular complexity index is 1730. The van der Waals surface area contributed by atoms with Gasteiger partial charge in [0, 0.05) is 38.5 Å². The van der Waals surface area contributed by atoms with Crippen molar-refractivity contribution in [1.82, 2.24) is 9.80 Å². The largest absolute Gasteiger partial charge is 0.326 e. The summed E-state index contributed by atoms with van der Waals surface area (Å²) in [6.07, 6.45) is 2.30. The quantitative estimate of drug-likeness (QED) is 0.0922. The van der Waals surface area contributed by atoms with Crippen LogP contribution in [0.4, 0.5) is 0 Å². The average Bonchev–Trinajstić information content (AvgIpc) is 3.20. The maximum absolute atomic E-state index is 12.3. The first kappa shape index (κ1) is 38.4. The Morgan fingerprint density at radius 2 is 0.596 bits per heavy atom. The molecule has 6 aromatic carbocycles. The number of hydrogen-bond acceptors (Lipinski definition) is 3. The average molecular weight is 763 g/mol. The molecule has 0 spiro atoms. The fraction of sp³-hybridized carbons (Fsp3) is 0.163. The van der Waals surface area contributed by atoms with Gasteiger partial charge in [0.05, 0.1) is 6.16 Å². The summed E-state index contributed by atoms with van der Waals surface area (Å²) in [5, 5.41) is 7.88. The summed E-state index contributed by atoms with van der Waals surface area (Å²) in [4.78, 5) is 25.0. The maximum atomic E-state index is 12.3. The third-order valence-electron chi connectivity index (χ3n) is 8.87. The first-order valence-corrected chi connectivity index (χ1v) is 23.9. The molecule has 0 unspecified atom stereocenters. The lowest BCUT2D eigenvalue weighted by molar-refractivity contribution is 0.266. The van der Waals surface area contributed by atoms with Crippen LogP contribution in [-0.2, 0) is 4.57 Å². The van der Waals surface area contributed by atoms with E-state index in [2.05, 4.69) is 180 Å². The van der Waals surface area contributed by atoms with Crippen molar-refractivity contribution in [3.63, 3.8) is 0 Å². The minimum atomic E-state index is -4.20. The van der Waals surface area contributed by atoms with E-state index >= 15 is 0 Å². The Morgan fingerprint density at radius 1 is 0.365 bits per heavy atom. The summed E-state index contributed by atoms with van der Waals surface area (Å²) >= 11 is 0. The molecule has 0 aliphatic heterocycles. The van der Waals surface area contributed by atoms with Gasteiger partial charge < -0.3 is 9.79 Å². The van der Waals surface area contributed by atoms with Gasteiger partial charge in [-0.15, -0.1) is 0 Å². The fourth-order valence-electron chi connectivity index (χ4n) is 6.18. The summed E-state index contributed by atoms with van der Waals surface area (Å²) in [5.41, 5.74) is 0. The van der Waals surface area contributed by atoms with Crippen LogP contribution < -0.4 is 31.8 Å². The Labute approximate surface area is 312 Å². The Kier molecular flexibility index (Phi) is 14.5. The summed E-state index contributed by atoms with van der Waals surface area (Å²) in [7, 11) is -6.40. The Hall–Kier alpha value is -3.32. The van der Waals surface area contributed by atoms with Crippen LogP contribution in [0, 0.1) is 0 Å². The van der Waals surface area contributed by atoms with Crippen molar-refractivity contribution in [1.29, 1.82) is 0 Å². The molecular formula is C43H46N2O3P4. The summed E-state index contributed by atoms with van der Waals surface area (Å²) in [6, 6.07) is 64.7. The molecule has 0 heterocycles. The molecular weight excluding hydrogens is 716 g/mol. The van der Waals surface area contributed by atoms with Gasteiger partial charge in [-0.05, 0) is 55.6 Å². The van der Waals surface area contributed by atoms with E-state index in [0.29, 0.717) is 13.1 Å². The molecule has 0 aliphatic rings. The van der Waals surface area contributed by atoms with E-state index in [4.69, 9.17) is 0 Å². The molecule has 6 rings (SSSR count). The molecule has 0 saturated carbocycles. The van der Waals surface area contributed by atoms with Crippen molar-refractivity contribution in [3.05, 3.63) is 182 Å². The van der Waals surface area contributed by atoms with Crippen LogP contribution in [0.15, 0.2) is 182 Å². The van der Waals surface area contributed by atoms with Crippen LogP contribution in [0.1, 0.15) is 0 Å². The second kappa shape index (κ2) is 19.7. The standard InChI is InChI=1S/C43H46N2O3P4/c46-52(47,48)34-33-44(35-49(38-19-7-1-8-20-38)39-21-9-2-10-22-39)31-32-45(36-50(40-23-11-3-12-24-40)41-25-13-4-14-26-41)37-51(42-27-15-5-16-28-42)43-29-17-6-18-30-43/h1-30H,31-37H2,(H2,46,47,48). The number of benzene rings is 6. The number of rotatable bonds is 18. The zero-order chi connectivity index (χ0) is 36.0. The van der Waals surface area contributed by atoms with Crippen LogP contribution in [0.25, 0.3) is 0 Å². The molecule has 2 N–H and O–H groups in total. The van der Waals surface area contributed by atoms with Gasteiger partial charge >= 0.3 is 7.60 Å². The van der Waals surface area contributed by atoms with Gasteiger partial charge in [0.15, 0.2) is 0 Å². The van der Waals surface area contributed by atoms with Crippen LogP contribution in [-0.4, -0.2) is 64.2 Å². The highest BCUT2D eigenvalue weighted by Gasteiger charge is 2.26. The van der Waals surface area contributed by atoms with Gasteiger partial charge in [-0.25, -0.2) is 0 Å². The molecule has 0 atom stereocenters. The van der Waals surface area contributed by atoms with E-state index in [9.17, 15) is 14.4 Å². The van der Waals surface area contributed by atoms with E-state index in [-0.39, 0.29) is 6.16 Å². The molecule has 0 amide bonds. The number of nitrogens with zero attached hydrogens (tertiary/aromatic N) is 2. The third-order valence-corrected chi connectivity index (χ3v) is 17.2. The lowest BCUT2D eigenvalue weighted by atomic mass is 10.4. The summed E-state index contributed by atoms with van der Waals surface area (Å²) in [6.45, 7) is 1.79. The van der Waals surface area contributed by atoms with Crippen molar-refractivity contribution >= 4 is 63.2 Å². The van der Waals surface area contributed by atoms with E-state index in [1.807, 2.05) is 12.1 Å². The van der Waals surface area contributed by atoms with Crippen molar-refractivity contribution in [2.45, 2.75) is 0 Å². The first-order valence-electron chi connectivity index (χ1n) is 17.6. The SMILES string of the molecule is O=P(O)(O)CCN(CCN(CP(c1ccccc1)c1ccccc1)CP(c1ccccc1)c1ccccc1)CP(c1ccccc1)c1ccccc1. The fourth-order valence-corrected chi connectivity index (χ4v) is 13.9. The first-order chi connectivity index (χ1) is 25.4. The highest BCUT2D eigenvalue weighted by atomic mass is 31.2. The van der Waals surface area contributed by atoms with Crippen molar-refractivity contribution in [3.8, 4) is 0 Å². The summed E-state index contributed by atoms with van der Waals surface area (Å²) in [5.74, 6) is 0. The van der Waals surface area contributed by atoms with Gasteiger partial charge in [-0.1, -0.05) is 182 Å². The predicted molar refractivity (Wildman–Crippen MR) is 227 cm³/mol. The predicted octanol–water partition coefficient (Wildman–Crippen LogP) is 7.04. The van der Waals surface area contributed by atoms with Crippen LogP contribution in [0.3, 0.4) is 0 Å². The van der Waals surface area contributed by atoms with E-state index in [0.717, 1.165) is 25.4 Å². The molecule has 52 heavy (non-hydrogen) atoms. The highest BCUT2D eigenvalue weighted by molar-refractivity contribution is 7.74. The molecule has 0 radical (unpaired) electrons. The van der Waals surface area contributed by atoms with Crippen LogP contribution in [0.2, 0.25) is 0 Å². The minimum Gasteiger partial charge on any atom is -0.324 e. The van der Waals surface area contributed by atoms with Gasteiger partial charge in [0.2, 0.25) is 0 Å². The topological polar surface area (TPSA) is 64.0 Å². The van der Waals surface area contributed by atoms with E-state index in [1.165, 1.54) is 31.8 Å². The zero-order valence-corrected chi connectivity index (χ0v) is 32.8. The van der Waals surface area contributed by atoms with E-state index < -0.39 is 31.4 Å². The molecule has 0 aromatic heterocycles. The smallest absolute Gasteiger partial charge is 0.324 e. The molecule has 0 bridgehead atoms. The van der Waals surface area contributed by atoms with E-state index in [1.54, 1.807) is 0 Å². The van der Waals surface area contributed by atoms with Crippen molar-refractivity contribution in [2.75, 3.05) is 44.7 Å². The molecule has 0 fully saturated rings. The van der Waals surface area contributed by atoms with Gasteiger partial charge in [-0.2, -0.15) is 0 Å². The lowest BCUT2D eigenvalue weighted by Crippen LogP contribution is -2.40. The second-order valence-corrected chi connectivity index (χ2v) is 20.9. The molecule has 266 valence electrons. The molecule has 6 aromatic rings. The van der Waals surface area contributed by atoms with Crippen molar-refractivity contribution in [2.24, 2.45) is 0 Å². The molecule has 0 saturated heterocycles. The molecule has 5 nitrogen and oxygen atoms in total. The van der Waals surface area contributed by atoms with Gasteiger partial charge in [0.1, 0.15) is 0 Å². The number of hydrogen-bond donors (Lipinski definition) is 2. The van der Waals surface area contributed by atoms with Crippen LogP contribution >= 0.6 is 31.4 Å². The highest BCUT2D eigenvalue weighted by Crippen LogP contribution is 2.41. The summed E-state index contributed by atoms with van der Waals surface area (Å²) < 4.78 is 12.3. The van der Waals surface area contributed by atoms with Gasteiger partial charge in [0.25, 0.3) is 0 Å². The third kappa shape index (κ3) is 11.6. The van der Waals surface area contributed by atoms with Gasteiger partial charge in [-0.3, -0.25) is 14.4 Å². The Morgan fingerprint density at radius 3 is 0.846 bits per heavy atom. The molecule has 0 aliphatic carbocycles. The lowest BCUT2D eigenvalue weighted by Gasteiger charge is -2.35. The zero-order valence-electron chi connectivity index (χ0n) is 29.3. The Balaban J connectivity index is 1.35. The normalized spacial score (nSPS) is 12.0. The van der Waals surface area contributed by atoms with Crippen molar-refractivity contribution < 1.29 is 14.4 Å². The van der Waals surface area contributed by atoms with Crippen LogP contribution in [0.5, 0.6) is 0 Å². The monoisotopic (exact) mass is 762 g/mol. The molecule has 9 heteroatoms. The maximum Gasteiger partial charge on any atom is 0.326 e. The second-order valence-electron chi connectivity index (χ2n) is 12.6.